The number of nitrogens with zero attached hydrogens (tertiary/aromatic N) is 1. The summed E-state index contributed by atoms with van der Waals surface area (Å²) in [6.45, 7) is 5.93. The summed E-state index contributed by atoms with van der Waals surface area (Å²) in [7, 11) is 1.57. The second-order valence-corrected chi connectivity index (χ2v) is 8.55. The normalized spacial score (nSPS) is 15.2. The molecule has 1 amide bonds. The summed E-state index contributed by atoms with van der Waals surface area (Å²) < 4.78 is 11.5. The lowest BCUT2D eigenvalue weighted by Gasteiger charge is -2.18. The lowest BCUT2D eigenvalue weighted by molar-refractivity contribution is 0.0950. The number of H-pyrrole nitrogens is 1. The highest BCUT2D eigenvalue weighted by Gasteiger charge is 2.22. The van der Waals surface area contributed by atoms with Gasteiger partial charge in [0.05, 0.1) is 13.2 Å². The van der Waals surface area contributed by atoms with Crippen molar-refractivity contribution in [1.29, 1.82) is 0 Å². The van der Waals surface area contributed by atoms with Crippen LogP contribution in [0.4, 0.5) is 0 Å². The van der Waals surface area contributed by atoms with Crippen LogP contribution in [0.5, 0.6) is 11.6 Å². The van der Waals surface area contributed by atoms with Crippen molar-refractivity contribution in [2.45, 2.75) is 52.7 Å². The summed E-state index contributed by atoms with van der Waals surface area (Å²) in [4.78, 5) is 32.6. The topological polar surface area (TPSA) is 93.3 Å². The molecule has 3 aromatic rings. The molecular weight excluding hydrogens is 418 g/mol. The van der Waals surface area contributed by atoms with Crippen LogP contribution in [0.15, 0.2) is 41.3 Å². The number of methoxy groups -OCH3 is 1. The summed E-state index contributed by atoms with van der Waals surface area (Å²) in [6, 6.07) is 9.34. The molecule has 2 aromatic heterocycles. The van der Waals surface area contributed by atoms with Gasteiger partial charge < -0.3 is 19.8 Å². The van der Waals surface area contributed by atoms with Crippen LogP contribution < -0.4 is 20.3 Å². The van der Waals surface area contributed by atoms with Crippen molar-refractivity contribution >= 4 is 5.91 Å². The fraction of sp³-hybridized carbons (Fsp3) is 0.346. The first-order valence-corrected chi connectivity index (χ1v) is 11.2. The van der Waals surface area contributed by atoms with Crippen LogP contribution in [0.2, 0.25) is 0 Å². The van der Waals surface area contributed by atoms with Gasteiger partial charge in [-0.2, -0.15) is 0 Å². The molecule has 2 N–H and O–H groups in total. The Morgan fingerprint density at radius 2 is 2.09 bits per heavy atom. The highest BCUT2D eigenvalue weighted by molar-refractivity contribution is 5.96. The molecule has 0 aliphatic carbocycles. The molecule has 0 bridgehead atoms. The zero-order chi connectivity index (χ0) is 23.5. The van der Waals surface area contributed by atoms with E-state index in [0.29, 0.717) is 17.0 Å². The smallest absolute Gasteiger partial charge is 0.253 e. The largest absolute Gasteiger partial charge is 0.490 e. The van der Waals surface area contributed by atoms with Gasteiger partial charge in [-0.15, -0.1) is 0 Å². The lowest BCUT2D eigenvalue weighted by atomic mass is 9.96. The van der Waals surface area contributed by atoms with E-state index in [1.807, 2.05) is 38.1 Å². The van der Waals surface area contributed by atoms with Gasteiger partial charge in [0.1, 0.15) is 5.75 Å². The van der Waals surface area contributed by atoms with Crippen LogP contribution in [0, 0.1) is 13.8 Å². The third-order valence-electron chi connectivity index (χ3n) is 5.98. The summed E-state index contributed by atoms with van der Waals surface area (Å²) in [5.41, 5.74) is 5.23. The summed E-state index contributed by atoms with van der Waals surface area (Å²) in [5, 5.41) is 2.91. The molecule has 1 unspecified atom stereocenters. The Morgan fingerprint density at radius 1 is 1.27 bits per heavy atom. The van der Waals surface area contributed by atoms with Crippen molar-refractivity contribution in [3.05, 3.63) is 74.8 Å². The molecular formula is C26H29N3O4. The SMILES string of the molecule is COc1ccc(-c2cc(C(=O)NCc3c(C)cc(C)[nH]c3=O)cc3c2OC(C)CCC3)cn1. The first kappa shape index (κ1) is 22.6. The summed E-state index contributed by atoms with van der Waals surface area (Å²) in [5.74, 6) is 1.08. The molecule has 1 aliphatic rings. The Bertz CT molecular complexity index is 1230. The van der Waals surface area contributed by atoms with E-state index in [-0.39, 0.29) is 24.1 Å². The predicted molar refractivity (Wildman–Crippen MR) is 127 cm³/mol. The quantitative estimate of drug-likeness (QED) is 0.614. The lowest BCUT2D eigenvalue weighted by Crippen LogP contribution is -2.28. The first-order valence-electron chi connectivity index (χ1n) is 11.2. The number of rotatable bonds is 5. The van der Waals surface area contributed by atoms with E-state index in [4.69, 9.17) is 9.47 Å². The molecule has 1 atom stereocenters. The number of amides is 1. The number of aromatic nitrogens is 2. The number of aromatic amines is 1. The number of pyridine rings is 2. The van der Waals surface area contributed by atoms with Gasteiger partial charge in [-0.05, 0) is 75.4 Å². The highest BCUT2D eigenvalue weighted by atomic mass is 16.5. The number of ether oxygens (including phenoxy) is 2. The monoisotopic (exact) mass is 447 g/mol. The van der Waals surface area contributed by atoms with Crippen molar-refractivity contribution in [1.82, 2.24) is 15.3 Å². The molecule has 7 nitrogen and oxygen atoms in total. The standard InChI is InChI=1S/C26H29N3O4/c1-15-10-16(2)29-26(31)22(15)14-28-25(30)20-11-18-7-5-6-17(3)33-24(18)21(12-20)19-8-9-23(32-4)27-13-19/h8-13,17H,5-7,14H2,1-4H3,(H,28,30)(H,29,31). The van der Waals surface area contributed by atoms with E-state index in [2.05, 4.69) is 22.2 Å². The number of aryl methyl sites for hydroxylation is 3. The Labute approximate surface area is 193 Å². The molecule has 3 heterocycles. The fourth-order valence-corrected chi connectivity index (χ4v) is 4.23. The van der Waals surface area contributed by atoms with Gasteiger partial charge >= 0.3 is 0 Å². The molecule has 172 valence electrons. The maximum atomic E-state index is 13.1. The van der Waals surface area contributed by atoms with E-state index in [1.165, 1.54) is 0 Å². The molecule has 33 heavy (non-hydrogen) atoms. The Morgan fingerprint density at radius 3 is 2.79 bits per heavy atom. The number of nitrogens with one attached hydrogen (secondary N) is 2. The number of hydrogen-bond acceptors (Lipinski definition) is 5. The van der Waals surface area contributed by atoms with Crippen LogP contribution in [0.3, 0.4) is 0 Å². The zero-order valence-electron chi connectivity index (χ0n) is 19.5. The average Bonchev–Trinajstić information content (AvgIpc) is 2.98. The number of carbonyl (C=O) groups is 1. The summed E-state index contributed by atoms with van der Waals surface area (Å²) in [6.07, 6.45) is 4.58. The molecule has 0 spiro atoms. The second kappa shape index (κ2) is 9.48. The maximum Gasteiger partial charge on any atom is 0.253 e. The average molecular weight is 448 g/mol. The molecule has 0 fully saturated rings. The molecule has 7 heteroatoms. The van der Waals surface area contributed by atoms with Gasteiger partial charge in [0.2, 0.25) is 5.88 Å². The van der Waals surface area contributed by atoms with Crippen molar-refractivity contribution < 1.29 is 14.3 Å². The van der Waals surface area contributed by atoms with Crippen molar-refractivity contribution in [3.63, 3.8) is 0 Å². The van der Waals surface area contributed by atoms with Gasteiger partial charge in [0, 0.05) is 46.8 Å². The molecule has 1 aliphatic heterocycles. The van der Waals surface area contributed by atoms with Crippen molar-refractivity contribution in [2.24, 2.45) is 0 Å². The molecule has 4 rings (SSSR count). The maximum absolute atomic E-state index is 13.1. The fourth-order valence-electron chi connectivity index (χ4n) is 4.23. The van der Waals surface area contributed by atoms with Crippen LogP contribution in [-0.2, 0) is 13.0 Å². The minimum atomic E-state index is -0.239. The van der Waals surface area contributed by atoms with Gasteiger partial charge in [-0.3, -0.25) is 9.59 Å². The van der Waals surface area contributed by atoms with Crippen LogP contribution in [0.25, 0.3) is 11.1 Å². The van der Waals surface area contributed by atoms with Gasteiger partial charge in [-0.25, -0.2) is 4.98 Å². The molecule has 0 saturated heterocycles. The minimum absolute atomic E-state index is 0.0899. The van der Waals surface area contributed by atoms with E-state index in [1.54, 1.807) is 19.4 Å². The molecule has 0 radical (unpaired) electrons. The third kappa shape index (κ3) is 4.92. The van der Waals surface area contributed by atoms with E-state index in [9.17, 15) is 9.59 Å². The van der Waals surface area contributed by atoms with Gasteiger partial charge in [0.15, 0.2) is 0 Å². The number of benzene rings is 1. The Kier molecular flexibility index (Phi) is 6.49. The second-order valence-electron chi connectivity index (χ2n) is 8.55. The Hall–Kier alpha value is -3.61. The van der Waals surface area contributed by atoms with E-state index >= 15 is 0 Å². The highest BCUT2D eigenvalue weighted by Crippen LogP contribution is 2.38. The molecule has 1 aromatic carbocycles. The number of fused-ring (bicyclic) bond motifs is 1. The van der Waals surface area contributed by atoms with E-state index in [0.717, 1.165) is 53.0 Å². The minimum Gasteiger partial charge on any atom is -0.490 e. The van der Waals surface area contributed by atoms with Crippen molar-refractivity contribution in [3.8, 4) is 22.8 Å². The van der Waals surface area contributed by atoms with Crippen LogP contribution >= 0.6 is 0 Å². The zero-order valence-corrected chi connectivity index (χ0v) is 19.5. The van der Waals surface area contributed by atoms with E-state index < -0.39 is 0 Å². The molecule has 0 saturated carbocycles. The first-order chi connectivity index (χ1) is 15.9. The van der Waals surface area contributed by atoms with Gasteiger partial charge in [-0.1, -0.05) is 0 Å². The number of carbonyl (C=O) groups excluding carboxylic acids is 1. The van der Waals surface area contributed by atoms with Gasteiger partial charge in [0.25, 0.3) is 11.5 Å². The third-order valence-corrected chi connectivity index (χ3v) is 5.98. The van der Waals surface area contributed by atoms with Crippen LogP contribution in [0.1, 0.15) is 52.5 Å². The van der Waals surface area contributed by atoms with Crippen LogP contribution in [-0.4, -0.2) is 29.1 Å². The Balaban J connectivity index is 1.69. The van der Waals surface area contributed by atoms with Crippen molar-refractivity contribution in [2.75, 3.05) is 7.11 Å². The summed E-state index contributed by atoms with van der Waals surface area (Å²) >= 11 is 0. The number of hydrogen-bond donors (Lipinski definition) is 2. The predicted octanol–water partition coefficient (Wildman–Crippen LogP) is 4.10.